The minimum absolute atomic E-state index is 0.137. The molecular formula is C13H20N2O2S2. The second-order valence-electron chi connectivity index (χ2n) is 4.87. The fourth-order valence-corrected chi connectivity index (χ4v) is 3.69. The summed E-state index contributed by atoms with van der Waals surface area (Å²) in [4.78, 5) is 16.3. The molecule has 0 spiro atoms. The van der Waals surface area contributed by atoms with E-state index in [2.05, 4.69) is 10.3 Å². The number of rotatable bonds is 8. The smallest absolute Gasteiger partial charge is 0.326 e. The molecule has 1 aliphatic rings. The van der Waals surface area contributed by atoms with Crippen molar-refractivity contribution in [2.75, 3.05) is 12.4 Å². The number of ether oxygens (including phenoxy) is 1. The number of thiazole rings is 1. The number of aromatic nitrogens is 1. The van der Waals surface area contributed by atoms with Crippen LogP contribution in [0.5, 0.6) is 0 Å². The number of hydrogen-bond acceptors (Lipinski definition) is 6. The largest absolute Gasteiger partial charge is 0.465 e. The van der Waals surface area contributed by atoms with Gasteiger partial charge in [0, 0.05) is 23.4 Å². The van der Waals surface area contributed by atoms with E-state index in [-0.39, 0.29) is 5.97 Å². The zero-order chi connectivity index (χ0) is 13.7. The van der Waals surface area contributed by atoms with Gasteiger partial charge in [-0.25, -0.2) is 4.98 Å². The van der Waals surface area contributed by atoms with Crippen LogP contribution in [0.2, 0.25) is 0 Å². The van der Waals surface area contributed by atoms with Gasteiger partial charge in [-0.1, -0.05) is 11.8 Å². The molecule has 0 aliphatic heterocycles. The second-order valence-corrected chi connectivity index (χ2v) is 7.10. The lowest BCUT2D eigenvalue weighted by Gasteiger charge is -2.28. The lowest BCUT2D eigenvalue weighted by Crippen LogP contribution is -2.51. The Kier molecular flexibility index (Phi) is 5.24. The van der Waals surface area contributed by atoms with Crippen molar-refractivity contribution < 1.29 is 9.53 Å². The average Bonchev–Trinajstić information content (AvgIpc) is 3.03. The Morgan fingerprint density at radius 3 is 3.05 bits per heavy atom. The molecule has 0 saturated heterocycles. The van der Waals surface area contributed by atoms with Gasteiger partial charge in [-0.2, -0.15) is 0 Å². The predicted molar refractivity (Wildman–Crippen MR) is 78.7 cm³/mol. The van der Waals surface area contributed by atoms with Crippen LogP contribution >= 0.6 is 23.1 Å². The van der Waals surface area contributed by atoms with E-state index in [4.69, 9.17) is 4.74 Å². The van der Waals surface area contributed by atoms with E-state index in [1.165, 1.54) is 0 Å². The van der Waals surface area contributed by atoms with Crippen molar-refractivity contribution in [3.05, 3.63) is 11.6 Å². The lowest BCUT2D eigenvalue weighted by molar-refractivity contribution is -0.150. The molecule has 1 atom stereocenters. The van der Waals surface area contributed by atoms with Gasteiger partial charge in [-0.05, 0) is 33.1 Å². The molecular weight excluding hydrogens is 280 g/mol. The summed E-state index contributed by atoms with van der Waals surface area (Å²) in [7, 11) is 0. The highest BCUT2D eigenvalue weighted by Gasteiger charge is 2.39. The first-order chi connectivity index (χ1) is 9.14. The summed E-state index contributed by atoms with van der Waals surface area (Å²) in [5.74, 6) is 0.726. The van der Waals surface area contributed by atoms with Crippen LogP contribution in [0.4, 0.5) is 0 Å². The van der Waals surface area contributed by atoms with Gasteiger partial charge >= 0.3 is 5.97 Å². The maximum atomic E-state index is 12.1. The zero-order valence-corrected chi connectivity index (χ0v) is 13.0. The van der Waals surface area contributed by atoms with Crippen LogP contribution in [0.15, 0.2) is 15.9 Å². The van der Waals surface area contributed by atoms with Crippen LogP contribution in [0, 0.1) is 0 Å². The third-order valence-electron chi connectivity index (χ3n) is 3.06. The van der Waals surface area contributed by atoms with Crippen molar-refractivity contribution in [3.63, 3.8) is 0 Å². The Bertz CT molecular complexity index is 407. The van der Waals surface area contributed by atoms with Crippen molar-refractivity contribution in [1.82, 2.24) is 10.3 Å². The van der Waals surface area contributed by atoms with Crippen molar-refractivity contribution in [3.8, 4) is 0 Å². The van der Waals surface area contributed by atoms with E-state index in [9.17, 15) is 4.79 Å². The molecule has 1 aliphatic carbocycles. The molecule has 0 amide bonds. The maximum Gasteiger partial charge on any atom is 0.326 e. The first-order valence-electron chi connectivity index (χ1n) is 6.61. The highest BCUT2D eigenvalue weighted by Crippen LogP contribution is 2.28. The maximum absolute atomic E-state index is 12.1. The fourth-order valence-electron chi connectivity index (χ4n) is 1.83. The van der Waals surface area contributed by atoms with Crippen LogP contribution in [0.3, 0.4) is 0 Å². The van der Waals surface area contributed by atoms with Gasteiger partial charge < -0.3 is 4.74 Å². The molecule has 0 aromatic carbocycles. The molecule has 0 radical (unpaired) electrons. The molecule has 1 heterocycles. The topological polar surface area (TPSA) is 51.2 Å². The van der Waals surface area contributed by atoms with Gasteiger partial charge in [-0.15, -0.1) is 11.3 Å². The third kappa shape index (κ3) is 4.47. The number of nitrogens with zero attached hydrogens (tertiary/aromatic N) is 1. The Morgan fingerprint density at radius 1 is 1.68 bits per heavy atom. The first kappa shape index (κ1) is 14.8. The van der Waals surface area contributed by atoms with Gasteiger partial charge in [0.15, 0.2) is 0 Å². The fraction of sp³-hybridized carbons (Fsp3) is 0.692. The summed E-state index contributed by atoms with van der Waals surface area (Å²) in [6.07, 6.45) is 4.88. The lowest BCUT2D eigenvalue weighted by atomic mass is 9.99. The van der Waals surface area contributed by atoms with Crippen LogP contribution in [-0.4, -0.2) is 34.9 Å². The predicted octanol–water partition coefficient (Wildman–Crippen LogP) is 2.70. The molecule has 6 heteroatoms. The van der Waals surface area contributed by atoms with Gasteiger partial charge in [-0.3, -0.25) is 10.1 Å². The molecule has 2 rings (SSSR count). The number of esters is 1. The van der Waals surface area contributed by atoms with Crippen LogP contribution in [-0.2, 0) is 9.53 Å². The highest BCUT2D eigenvalue weighted by molar-refractivity contribution is 8.00. The normalized spacial score (nSPS) is 18.0. The summed E-state index contributed by atoms with van der Waals surface area (Å²) in [5.41, 5.74) is -0.568. The summed E-state index contributed by atoms with van der Waals surface area (Å²) >= 11 is 3.33. The molecule has 1 N–H and O–H groups in total. The molecule has 1 fully saturated rings. The van der Waals surface area contributed by atoms with E-state index in [0.717, 1.165) is 29.4 Å². The van der Waals surface area contributed by atoms with Crippen molar-refractivity contribution in [1.29, 1.82) is 0 Å². The first-order valence-corrected chi connectivity index (χ1v) is 8.48. The van der Waals surface area contributed by atoms with Crippen molar-refractivity contribution in [2.24, 2.45) is 0 Å². The monoisotopic (exact) mass is 300 g/mol. The molecule has 19 heavy (non-hydrogen) atoms. The molecule has 1 saturated carbocycles. The van der Waals surface area contributed by atoms with Gasteiger partial charge in [0.25, 0.3) is 0 Å². The quantitative estimate of drug-likeness (QED) is 0.591. The molecule has 106 valence electrons. The van der Waals surface area contributed by atoms with E-state index < -0.39 is 5.54 Å². The van der Waals surface area contributed by atoms with Gasteiger partial charge in [0.1, 0.15) is 9.88 Å². The molecule has 1 aromatic rings. The van der Waals surface area contributed by atoms with Gasteiger partial charge in [0.05, 0.1) is 6.61 Å². The molecule has 0 bridgehead atoms. The second kappa shape index (κ2) is 6.72. The number of carbonyl (C=O) groups excluding carboxylic acids is 1. The third-order valence-corrected chi connectivity index (χ3v) is 5.03. The SMILES string of the molecule is CCOC(=O)C(C)(CCSc1nccs1)NC1CC1. The standard InChI is InChI=1S/C13H20N2O2S2/c1-3-17-11(16)13(2,15-10-4-5-10)6-8-18-12-14-7-9-19-12/h7,9-10,15H,3-6,8H2,1-2H3. The number of nitrogens with one attached hydrogen (secondary N) is 1. The van der Waals surface area contributed by atoms with E-state index in [1.54, 1.807) is 29.3 Å². The molecule has 1 unspecified atom stereocenters. The summed E-state index contributed by atoms with van der Waals surface area (Å²) < 4.78 is 6.25. The van der Waals surface area contributed by atoms with E-state index >= 15 is 0 Å². The van der Waals surface area contributed by atoms with Gasteiger partial charge in [0.2, 0.25) is 0 Å². The summed E-state index contributed by atoms with van der Waals surface area (Å²) in [6, 6.07) is 0.485. The number of carbonyl (C=O) groups is 1. The Labute approximate surface area is 122 Å². The highest BCUT2D eigenvalue weighted by atomic mass is 32.2. The minimum Gasteiger partial charge on any atom is -0.465 e. The van der Waals surface area contributed by atoms with E-state index in [1.807, 2.05) is 19.2 Å². The minimum atomic E-state index is -0.568. The molecule has 1 aromatic heterocycles. The van der Waals surface area contributed by atoms with Crippen LogP contribution < -0.4 is 5.32 Å². The van der Waals surface area contributed by atoms with Crippen molar-refractivity contribution >= 4 is 29.1 Å². The average molecular weight is 300 g/mol. The Morgan fingerprint density at radius 2 is 2.47 bits per heavy atom. The zero-order valence-electron chi connectivity index (χ0n) is 11.3. The molecule has 4 nitrogen and oxygen atoms in total. The van der Waals surface area contributed by atoms with Crippen LogP contribution in [0.25, 0.3) is 0 Å². The summed E-state index contributed by atoms with van der Waals surface area (Å²) in [5, 5.41) is 5.39. The Balaban J connectivity index is 1.86. The van der Waals surface area contributed by atoms with Crippen LogP contribution in [0.1, 0.15) is 33.1 Å². The number of thioether (sulfide) groups is 1. The van der Waals surface area contributed by atoms with Crippen molar-refractivity contribution in [2.45, 2.75) is 49.0 Å². The summed E-state index contributed by atoms with van der Waals surface area (Å²) in [6.45, 7) is 4.23. The number of hydrogen-bond donors (Lipinski definition) is 1. The van der Waals surface area contributed by atoms with E-state index in [0.29, 0.717) is 12.6 Å². The Hall–Kier alpha value is -0.590.